The predicted octanol–water partition coefficient (Wildman–Crippen LogP) is 2.13. The summed E-state index contributed by atoms with van der Waals surface area (Å²) in [5, 5.41) is 2.90. The Labute approximate surface area is 172 Å². The molecule has 0 radical (unpaired) electrons. The number of amides is 1. The van der Waals surface area contributed by atoms with Gasteiger partial charge in [0.05, 0.1) is 25.2 Å². The zero-order valence-electron chi connectivity index (χ0n) is 16.8. The highest BCUT2D eigenvalue weighted by atomic mass is 32.2. The van der Waals surface area contributed by atoms with Gasteiger partial charge in [0.2, 0.25) is 10.0 Å². The van der Waals surface area contributed by atoms with Gasteiger partial charge in [-0.05, 0) is 35.7 Å². The molecule has 8 heteroatoms. The van der Waals surface area contributed by atoms with Gasteiger partial charge in [0, 0.05) is 31.7 Å². The largest absolute Gasteiger partial charge is 0.379 e. The summed E-state index contributed by atoms with van der Waals surface area (Å²) in [6.07, 6.45) is 1.09. The third-order valence-electron chi connectivity index (χ3n) is 4.86. The van der Waals surface area contributed by atoms with Gasteiger partial charge in [0.15, 0.2) is 0 Å². The van der Waals surface area contributed by atoms with Crippen molar-refractivity contribution in [3.05, 3.63) is 64.7 Å². The molecule has 0 atom stereocenters. The SMILES string of the molecule is Cc1c(NS(C)(=O)=O)cccc1C(=O)NCc1ccc(CN2CCOCC2)cc1. The van der Waals surface area contributed by atoms with Crippen molar-refractivity contribution < 1.29 is 17.9 Å². The second kappa shape index (κ2) is 9.39. The van der Waals surface area contributed by atoms with Crippen molar-refractivity contribution >= 4 is 21.6 Å². The number of benzene rings is 2. The summed E-state index contributed by atoms with van der Waals surface area (Å²) in [6, 6.07) is 13.2. The van der Waals surface area contributed by atoms with E-state index < -0.39 is 10.0 Å². The number of nitrogens with one attached hydrogen (secondary N) is 2. The Morgan fingerprint density at radius 2 is 1.72 bits per heavy atom. The van der Waals surface area contributed by atoms with E-state index in [1.807, 2.05) is 12.1 Å². The fraction of sp³-hybridized carbons (Fsp3) is 0.381. The van der Waals surface area contributed by atoms with Crippen molar-refractivity contribution in [3.8, 4) is 0 Å². The van der Waals surface area contributed by atoms with Crippen LogP contribution < -0.4 is 10.0 Å². The number of carbonyl (C=O) groups excluding carboxylic acids is 1. The average Bonchev–Trinajstić information content (AvgIpc) is 2.69. The van der Waals surface area contributed by atoms with Crippen LogP contribution in [0.2, 0.25) is 0 Å². The predicted molar refractivity (Wildman–Crippen MR) is 113 cm³/mol. The van der Waals surface area contributed by atoms with E-state index >= 15 is 0 Å². The number of nitrogens with zero attached hydrogens (tertiary/aromatic N) is 1. The van der Waals surface area contributed by atoms with Crippen LogP contribution in [0.4, 0.5) is 5.69 Å². The van der Waals surface area contributed by atoms with Gasteiger partial charge in [-0.3, -0.25) is 14.4 Å². The Kier molecular flexibility index (Phi) is 6.89. The van der Waals surface area contributed by atoms with E-state index in [2.05, 4.69) is 27.1 Å². The molecule has 1 aliphatic rings. The third kappa shape index (κ3) is 6.28. The number of anilines is 1. The smallest absolute Gasteiger partial charge is 0.251 e. The van der Waals surface area contributed by atoms with Gasteiger partial charge < -0.3 is 10.1 Å². The first-order valence-electron chi connectivity index (χ1n) is 9.55. The molecule has 0 aromatic heterocycles. The van der Waals surface area contributed by atoms with E-state index in [0.29, 0.717) is 23.4 Å². The monoisotopic (exact) mass is 417 g/mol. The fourth-order valence-electron chi connectivity index (χ4n) is 3.25. The van der Waals surface area contributed by atoms with Crippen LogP contribution in [0.25, 0.3) is 0 Å². The van der Waals surface area contributed by atoms with Crippen LogP contribution in [0.3, 0.4) is 0 Å². The second-order valence-electron chi connectivity index (χ2n) is 7.24. The van der Waals surface area contributed by atoms with Crippen LogP contribution in [0, 0.1) is 6.92 Å². The minimum atomic E-state index is -3.40. The number of hydrogen-bond acceptors (Lipinski definition) is 5. The van der Waals surface area contributed by atoms with Crippen molar-refractivity contribution in [2.75, 3.05) is 37.3 Å². The molecule has 2 N–H and O–H groups in total. The second-order valence-corrected chi connectivity index (χ2v) is 8.99. The van der Waals surface area contributed by atoms with Gasteiger partial charge in [-0.15, -0.1) is 0 Å². The molecular formula is C21H27N3O4S. The first-order valence-corrected chi connectivity index (χ1v) is 11.4. The maximum atomic E-state index is 12.6. The lowest BCUT2D eigenvalue weighted by atomic mass is 10.1. The molecule has 1 heterocycles. The fourth-order valence-corrected chi connectivity index (χ4v) is 3.87. The van der Waals surface area contributed by atoms with Gasteiger partial charge in [0.1, 0.15) is 0 Å². The van der Waals surface area contributed by atoms with Gasteiger partial charge in [-0.2, -0.15) is 0 Å². The van der Waals surface area contributed by atoms with Crippen molar-refractivity contribution in [3.63, 3.8) is 0 Å². The summed E-state index contributed by atoms with van der Waals surface area (Å²) >= 11 is 0. The molecule has 3 rings (SSSR count). The van der Waals surface area contributed by atoms with Crippen LogP contribution in [0.5, 0.6) is 0 Å². The highest BCUT2D eigenvalue weighted by Gasteiger charge is 2.14. The Balaban J connectivity index is 1.58. The van der Waals surface area contributed by atoms with E-state index in [1.54, 1.807) is 25.1 Å². The lowest BCUT2D eigenvalue weighted by Gasteiger charge is -2.26. The van der Waals surface area contributed by atoms with Gasteiger partial charge in [-0.25, -0.2) is 8.42 Å². The molecule has 29 heavy (non-hydrogen) atoms. The Hall–Kier alpha value is -2.42. The van der Waals surface area contributed by atoms with Crippen molar-refractivity contribution in [2.24, 2.45) is 0 Å². The lowest BCUT2D eigenvalue weighted by molar-refractivity contribution is 0.0342. The Morgan fingerprint density at radius 3 is 2.38 bits per heavy atom. The molecule has 0 saturated carbocycles. The quantitative estimate of drug-likeness (QED) is 0.721. The summed E-state index contributed by atoms with van der Waals surface area (Å²) in [5.74, 6) is -0.239. The zero-order valence-corrected chi connectivity index (χ0v) is 17.6. The molecule has 0 bridgehead atoms. The summed E-state index contributed by atoms with van der Waals surface area (Å²) in [7, 11) is -3.40. The maximum Gasteiger partial charge on any atom is 0.251 e. The molecule has 0 aliphatic carbocycles. The van der Waals surface area contributed by atoms with Crippen LogP contribution in [0.1, 0.15) is 27.0 Å². The van der Waals surface area contributed by atoms with Crippen molar-refractivity contribution in [2.45, 2.75) is 20.0 Å². The molecule has 2 aromatic carbocycles. The Bertz CT molecular complexity index is 952. The number of sulfonamides is 1. The molecule has 1 aliphatic heterocycles. The molecular weight excluding hydrogens is 390 g/mol. The van der Waals surface area contributed by atoms with Gasteiger partial charge >= 0.3 is 0 Å². The molecule has 0 spiro atoms. The van der Waals surface area contributed by atoms with E-state index in [-0.39, 0.29) is 5.91 Å². The summed E-state index contributed by atoms with van der Waals surface area (Å²) in [6.45, 7) is 6.49. The minimum Gasteiger partial charge on any atom is -0.379 e. The number of carbonyl (C=O) groups is 1. The molecule has 1 saturated heterocycles. The summed E-state index contributed by atoms with van der Waals surface area (Å²) in [5.41, 5.74) is 3.69. The zero-order chi connectivity index (χ0) is 20.9. The van der Waals surface area contributed by atoms with E-state index in [9.17, 15) is 13.2 Å². The number of hydrogen-bond donors (Lipinski definition) is 2. The highest BCUT2D eigenvalue weighted by Crippen LogP contribution is 2.20. The van der Waals surface area contributed by atoms with Crippen LogP contribution >= 0.6 is 0 Å². The van der Waals surface area contributed by atoms with Crippen LogP contribution in [-0.2, 0) is 27.8 Å². The summed E-state index contributed by atoms with van der Waals surface area (Å²) < 4.78 is 30.8. The van der Waals surface area contributed by atoms with Crippen molar-refractivity contribution in [1.82, 2.24) is 10.2 Å². The molecule has 7 nitrogen and oxygen atoms in total. The molecule has 1 fully saturated rings. The Morgan fingerprint density at radius 1 is 1.07 bits per heavy atom. The first-order chi connectivity index (χ1) is 13.8. The van der Waals surface area contributed by atoms with Gasteiger partial charge in [-0.1, -0.05) is 30.3 Å². The molecule has 2 aromatic rings. The molecule has 1 amide bonds. The number of ether oxygens (including phenoxy) is 1. The average molecular weight is 418 g/mol. The standard InChI is InChI=1S/C21H27N3O4S/c1-16-19(4-3-5-20(16)23-29(2,26)27)21(25)22-14-17-6-8-18(9-7-17)15-24-10-12-28-13-11-24/h3-9,23H,10-15H2,1-2H3,(H,22,25). The molecule has 156 valence electrons. The van der Waals surface area contributed by atoms with E-state index in [0.717, 1.165) is 44.7 Å². The topological polar surface area (TPSA) is 87.7 Å². The van der Waals surface area contributed by atoms with Crippen LogP contribution in [-0.4, -0.2) is 51.8 Å². The maximum absolute atomic E-state index is 12.6. The molecule has 0 unspecified atom stereocenters. The first kappa shape index (κ1) is 21.3. The van der Waals surface area contributed by atoms with E-state index in [1.165, 1.54) is 5.56 Å². The lowest BCUT2D eigenvalue weighted by Crippen LogP contribution is -2.35. The normalized spacial score (nSPS) is 15.1. The number of rotatable bonds is 7. The number of morpholine rings is 1. The van der Waals surface area contributed by atoms with Gasteiger partial charge in [0.25, 0.3) is 5.91 Å². The third-order valence-corrected chi connectivity index (χ3v) is 5.45. The summed E-state index contributed by atoms with van der Waals surface area (Å²) in [4.78, 5) is 14.9. The van der Waals surface area contributed by atoms with Crippen LogP contribution in [0.15, 0.2) is 42.5 Å². The minimum absolute atomic E-state index is 0.239. The van der Waals surface area contributed by atoms with Crippen molar-refractivity contribution in [1.29, 1.82) is 0 Å². The highest BCUT2D eigenvalue weighted by molar-refractivity contribution is 7.92. The van der Waals surface area contributed by atoms with E-state index in [4.69, 9.17) is 4.74 Å².